The summed E-state index contributed by atoms with van der Waals surface area (Å²) in [6.45, 7) is 4.11. The summed E-state index contributed by atoms with van der Waals surface area (Å²) in [5.74, 6) is -1.25. The third kappa shape index (κ3) is 2.45. The number of carbonyl (C=O) groups excluding carboxylic acids is 2. The molecule has 2 fully saturated rings. The Morgan fingerprint density at radius 1 is 0.861 bits per heavy atom. The Bertz CT molecular complexity index is 1640. The predicted molar refractivity (Wildman–Crippen MR) is 136 cm³/mol. The zero-order valence-electron chi connectivity index (χ0n) is 19.9. The number of hydrogen-bond donors (Lipinski definition) is 1. The summed E-state index contributed by atoms with van der Waals surface area (Å²) >= 11 is 0. The van der Waals surface area contributed by atoms with Crippen LogP contribution in [-0.2, 0) is 15.1 Å². The first-order valence-corrected chi connectivity index (χ1v) is 12.3. The van der Waals surface area contributed by atoms with Gasteiger partial charge in [0.15, 0.2) is 0 Å². The average Bonchev–Trinajstić information content (AvgIpc) is 3.48. The van der Waals surface area contributed by atoms with E-state index in [4.69, 9.17) is 4.98 Å². The lowest BCUT2D eigenvalue weighted by molar-refractivity contribution is -0.123. The maximum atomic E-state index is 14.2. The molecule has 36 heavy (non-hydrogen) atoms. The first-order chi connectivity index (χ1) is 17.4. The van der Waals surface area contributed by atoms with E-state index in [1.165, 1.54) is 4.90 Å². The number of hydrogen-bond acceptors (Lipinski definition) is 5. The van der Waals surface area contributed by atoms with Gasteiger partial charge in [-0.3, -0.25) is 24.3 Å². The van der Waals surface area contributed by atoms with E-state index >= 15 is 0 Å². The third-order valence-electron chi connectivity index (χ3n) is 8.03. The molecule has 0 unspecified atom stereocenters. The molecule has 0 bridgehead atoms. The van der Waals surface area contributed by atoms with Gasteiger partial charge in [0.25, 0.3) is 5.56 Å². The molecule has 4 aromatic rings. The molecule has 4 heterocycles. The number of nitrogens with zero attached hydrogens (tertiary/aromatic N) is 3. The van der Waals surface area contributed by atoms with Crippen LogP contribution >= 0.6 is 0 Å². The normalized spacial score (nSPS) is 26.2. The van der Waals surface area contributed by atoms with Gasteiger partial charge >= 0.3 is 0 Å². The number of para-hydroxylation sites is 3. The molecule has 3 aliphatic rings. The maximum Gasteiger partial charge on any atom is 0.266 e. The Kier molecular flexibility index (Phi) is 4.25. The number of amides is 2. The molecule has 1 aromatic heterocycles. The maximum absolute atomic E-state index is 14.2. The molecule has 7 heteroatoms. The summed E-state index contributed by atoms with van der Waals surface area (Å²) in [4.78, 5) is 48.3. The van der Waals surface area contributed by atoms with E-state index in [-0.39, 0.29) is 29.3 Å². The molecule has 4 atom stereocenters. The van der Waals surface area contributed by atoms with Crippen LogP contribution in [0.2, 0.25) is 0 Å². The first-order valence-electron chi connectivity index (χ1n) is 12.3. The van der Waals surface area contributed by atoms with Crippen molar-refractivity contribution in [2.24, 2.45) is 17.8 Å². The Hall–Kier alpha value is -4.10. The Labute approximate surface area is 207 Å². The van der Waals surface area contributed by atoms with E-state index in [2.05, 4.69) is 19.2 Å². The van der Waals surface area contributed by atoms with Crippen molar-refractivity contribution in [1.29, 1.82) is 0 Å². The summed E-state index contributed by atoms with van der Waals surface area (Å²) in [6, 6.07) is 23.7. The van der Waals surface area contributed by atoms with Gasteiger partial charge in [-0.05, 0) is 36.2 Å². The highest BCUT2D eigenvalue weighted by atomic mass is 16.2. The molecular weight excluding hydrogens is 452 g/mol. The lowest BCUT2D eigenvalue weighted by atomic mass is 9.75. The minimum atomic E-state index is -1.10. The van der Waals surface area contributed by atoms with Crippen LogP contribution in [0.4, 0.5) is 5.69 Å². The molecule has 0 radical (unpaired) electrons. The second-order valence-corrected chi connectivity index (χ2v) is 10.2. The second kappa shape index (κ2) is 7.21. The van der Waals surface area contributed by atoms with Crippen LogP contribution in [0.1, 0.15) is 25.2 Å². The van der Waals surface area contributed by atoms with Crippen molar-refractivity contribution in [2.45, 2.75) is 25.4 Å². The van der Waals surface area contributed by atoms with Crippen molar-refractivity contribution in [3.05, 3.63) is 101 Å². The molecule has 2 saturated heterocycles. The number of imide groups is 1. The third-order valence-corrected chi connectivity index (χ3v) is 8.03. The highest BCUT2D eigenvalue weighted by Crippen LogP contribution is 2.56. The van der Waals surface area contributed by atoms with Crippen molar-refractivity contribution in [2.75, 3.05) is 4.90 Å². The van der Waals surface area contributed by atoms with Crippen LogP contribution in [-0.4, -0.2) is 27.4 Å². The second-order valence-electron chi connectivity index (χ2n) is 10.2. The van der Waals surface area contributed by atoms with Gasteiger partial charge in [-0.1, -0.05) is 62.4 Å². The molecule has 3 aliphatic heterocycles. The van der Waals surface area contributed by atoms with E-state index in [0.717, 1.165) is 5.56 Å². The smallest absolute Gasteiger partial charge is 0.266 e. The van der Waals surface area contributed by atoms with Crippen LogP contribution in [0, 0.1) is 17.8 Å². The van der Waals surface area contributed by atoms with E-state index in [0.29, 0.717) is 28.1 Å². The topological polar surface area (TPSA) is 84.3 Å². The molecular formula is C29H24N4O3. The molecule has 178 valence electrons. The van der Waals surface area contributed by atoms with Crippen LogP contribution in [0.15, 0.2) is 83.7 Å². The van der Waals surface area contributed by atoms with Gasteiger partial charge in [0.1, 0.15) is 11.4 Å². The summed E-state index contributed by atoms with van der Waals surface area (Å²) < 4.78 is 1.63. The number of carbonyl (C=O) groups is 2. The lowest BCUT2D eigenvalue weighted by Gasteiger charge is -2.32. The van der Waals surface area contributed by atoms with Crippen molar-refractivity contribution in [3.63, 3.8) is 0 Å². The largest absolute Gasteiger partial charge is 0.296 e. The minimum Gasteiger partial charge on any atom is -0.296 e. The van der Waals surface area contributed by atoms with E-state index in [1.54, 1.807) is 22.8 Å². The van der Waals surface area contributed by atoms with E-state index in [1.807, 2.05) is 60.7 Å². The zero-order valence-corrected chi connectivity index (χ0v) is 19.9. The standard InChI is InChI=1S/C29H24N4O3/c1-16(2)24-22-23(27(36)32(26(22)35)17-10-4-3-5-11-17)29(31-24)19-13-7-9-15-21(19)33-25(34)18-12-6-8-14-20(18)30-28(29)33/h3-16,22-24,31H,1-2H3/t22-,23-,24+,29-/m1/s1. The molecule has 0 saturated carbocycles. The number of benzene rings is 3. The van der Waals surface area contributed by atoms with Gasteiger partial charge in [0.05, 0.1) is 34.1 Å². The predicted octanol–water partition coefficient (Wildman–Crippen LogP) is 3.38. The number of anilines is 1. The van der Waals surface area contributed by atoms with Crippen molar-refractivity contribution in [3.8, 4) is 5.69 Å². The van der Waals surface area contributed by atoms with Gasteiger partial charge in [0, 0.05) is 11.6 Å². The lowest BCUT2D eigenvalue weighted by Crippen LogP contribution is -2.51. The molecule has 0 aliphatic carbocycles. The van der Waals surface area contributed by atoms with Crippen LogP contribution < -0.4 is 15.8 Å². The Morgan fingerprint density at radius 3 is 2.33 bits per heavy atom. The van der Waals surface area contributed by atoms with Crippen LogP contribution in [0.3, 0.4) is 0 Å². The quantitative estimate of drug-likeness (QED) is 0.449. The fourth-order valence-corrected chi connectivity index (χ4v) is 6.56. The highest BCUT2D eigenvalue weighted by molar-refractivity contribution is 6.23. The van der Waals surface area contributed by atoms with Crippen molar-refractivity contribution < 1.29 is 9.59 Å². The Balaban J connectivity index is 1.55. The molecule has 7 nitrogen and oxygen atoms in total. The number of nitrogens with one attached hydrogen (secondary N) is 1. The zero-order chi connectivity index (χ0) is 24.8. The Morgan fingerprint density at radius 2 is 1.56 bits per heavy atom. The summed E-state index contributed by atoms with van der Waals surface area (Å²) in [5.41, 5.74) is 1.36. The van der Waals surface area contributed by atoms with E-state index < -0.39 is 17.4 Å². The van der Waals surface area contributed by atoms with Crippen molar-refractivity contribution >= 4 is 28.4 Å². The summed E-state index contributed by atoms with van der Waals surface area (Å²) in [5, 5.41) is 4.23. The SMILES string of the molecule is CC(C)[C@@H]1N[C@]2(c3ccccc3-n3c2nc2ccccc2c3=O)[C@H]2C(=O)N(c3ccccc3)C(=O)[C@@H]12. The van der Waals surface area contributed by atoms with Crippen molar-refractivity contribution in [1.82, 2.24) is 14.9 Å². The van der Waals surface area contributed by atoms with Gasteiger partial charge in [-0.25, -0.2) is 9.88 Å². The van der Waals surface area contributed by atoms with E-state index in [9.17, 15) is 14.4 Å². The number of rotatable bonds is 2. The molecule has 3 aromatic carbocycles. The van der Waals surface area contributed by atoms with Gasteiger partial charge in [-0.15, -0.1) is 0 Å². The molecule has 2 amide bonds. The number of fused-ring (bicyclic) bond motifs is 8. The fourth-order valence-electron chi connectivity index (χ4n) is 6.56. The first kappa shape index (κ1) is 21.2. The molecule has 1 spiro atoms. The fraction of sp³-hybridized carbons (Fsp3) is 0.241. The van der Waals surface area contributed by atoms with Gasteiger partial charge in [0.2, 0.25) is 11.8 Å². The van der Waals surface area contributed by atoms with Gasteiger partial charge in [-0.2, -0.15) is 0 Å². The number of aromatic nitrogens is 2. The van der Waals surface area contributed by atoms with Crippen LogP contribution in [0.5, 0.6) is 0 Å². The monoisotopic (exact) mass is 476 g/mol. The summed E-state index contributed by atoms with van der Waals surface area (Å²) in [6.07, 6.45) is 0. The average molecular weight is 477 g/mol. The highest BCUT2D eigenvalue weighted by Gasteiger charge is 2.70. The van der Waals surface area contributed by atoms with Crippen LogP contribution in [0.25, 0.3) is 16.6 Å². The molecule has 7 rings (SSSR count). The summed E-state index contributed by atoms with van der Waals surface area (Å²) in [7, 11) is 0. The minimum absolute atomic E-state index is 0.0674. The van der Waals surface area contributed by atoms with Gasteiger partial charge < -0.3 is 0 Å². The molecule has 1 N–H and O–H groups in total.